The van der Waals surface area contributed by atoms with E-state index in [1.807, 2.05) is 0 Å². The zero-order valence-corrected chi connectivity index (χ0v) is 35.5. The summed E-state index contributed by atoms with van der Waals surface area (Å²) in [5.74, 6) is 3.61. The monoisotopic (exact) mass is 772 g/mol. The molecule has 6 saturated carbocycles. The highest BCUT2D eigenvalue weighted by Crippen LogP contribution is 2.76. The van der Waals surface area contributed by atoms with E-state index in [1.165, 1.54) is 70.6 Å². The predicted octanol–water partition coefficient (Wildman–Crippen LogP) is 15.0. The van der Waals surface area contributed by atoms with Crippen LogP contribution in [0.5, 0.6) is 0 Å². The van der Waals surface area contributed by atoms with Crippen molar-refractivity contribution in [3.05, 3.63) is 0 Å². The van der Waals surface area contributed by atoms with Crippen LogP contribution in [0.3, 0.4) is 0 Å². The van der Waals surface area contributed by atoms with Gasteiger partial charge in [0, 0.05) is 0 Å². The third-order valence-electron chi connectivity index (χ3n) is 15.9. The van der Waals surface area contributed by atoms with Crippen molar-refractivity contribution in [2.24, 2.45) is 45.3 Å². The van der Waals surface area contributed by atoms with Gasteiger partial charge < -0.3 is 0 Å². The molecule has 0 heterocycles. The van der Waals surface area contributed by atoms with Crippen LogP contribution in [0, 0.1) is 45.3 Å². The van der Waals surface area contributed by atoms with Gasteiger partial charge in [0.25, 0.3) is 0 Å². The SMILES string of the molecule is CCCC1CCCCC12C(=O)C1(CCC(CC)CC1)C2(Cl)Cl.CCCCCCCCC1CCC2(CC1)C(=O)C1(CCC(CCC)CC1)C2(Cl)Cl. The molecule has 6 aliphatic carbocycles. The van der Waals surface area contributed by atoms with Gasteiger partial charge in [-0.15, -0.1) is 0 Å². The second-order valence-corrected chi connectivity index (χ2v) is 21.0. The van der Waals surface area contributed by atoms with Crippen molar-refractivity contribution in [3.8, 4) is 0 Å². The van der Waals surface area contributed by atoms with Gasteiger partial charge in [0.1, 0.15) is 8.67 Å². The van der Waals surface area contributed by atoms with Gasteiger partial charge in [0.05, 0.1) is 21.7 Å². The minimum absolute atomic E-state index is 0.406. The first-order valence-electron chi connectivity index (χ1n) is 21.7. The molecule has 4 spiro atoms. The molecule has 0 aromatic carbocycles. The number of Topliss-reactive ketones (excluding diaryl/α,β-unsaturated/α-hetero) is 2. The lowest BCUT2D eigenvalue weighted by Gasteiger charge is -2.69. The van der Waals surface area contributed by atoms with Gasteiger partial charge >= 0.3 is 0 Å². The van der Waals surface area contributed by atoms with Crippen molar-refractivity contribution in [1.82, 2.24) is 0 Å². The molecule has 0 bridgehead atoms. The Labute approximate surface area is 327 Å². The molecule has 2 atom stereocenters. The van der Waals surface area contributed by atoms with Crippen LogP contribution in [0.2, 0.25) is 0 Å². The largest absolute Gasteiger partial charge is 0.298 e. The molecule has 0 amide bonds. The van der Waals surface area contributed by atoms with Gasteiger partial charge in [-0.1, -0.05) is 158 Å². The summed E-state index contributed by atoms with van der Waals surface area (Å²) in [5, 5.41) is 0. The van der Waals surface area contributed by atoms with Crippen LogP contribution in [0.15, 0.2) is 0 Å². The molecule has 6 fully saturated rings. The molecular weight excluding hydrogens is 702 g/mol. The maximum Gasteiger partial charge on any atom is 0.151 e. The van der Waals surface area contributed by atoms with Gasteiger partial charge in [-0.05, 0) is 120 Å². The maximum absolute atomic E-state index is 13.5. The second kappa shape index (κ2) is 17.1. The normalized spacial score (nSPS) is 40.4. The molecule has 288 valence electrons. The van der Waals surface area contributed by atoms with Crippen LogP contribution in [-0.2, 0) is 9.59 Å². The highest BCUT2D eigenvalue weighted by atomic mass is 35.5. The summed E-state index contributed by atoms with van der Waals surface area (Å²) >= 11 is 28.2. The summed E-state index contributed by atoms with van der Waals surface area (Å²) in [6.07, 6.45) is 32.2. The van der Waals surface area contributed by atoms with Crippen molar-refractivity contribution < 1.29 is 9.59 Å². The smallest absolute Gasteiger partial charge is 0.151 e. The molecule has 6 aliphatic rings. The lowest BCUT2D eigenvalue weighted by molar-refractivity contribution is -0.179. The lowest BCUT2D eigenvalue weighted by atomic mass is 9.39. The Bertz CT molecular complexity index is 1120. The van der Waals surface area contributed by atoms with Crippen LogP contribution in [0.1, 0.15) is 207 Å². The van der Waals surface area contributed by atoms with E-state index in [2.05, 4.69) is 27.7 Å². The first-order chi connectivity index (χ1) is 23.9. The molecule has 50 heavy (non-hydrogen) atoms. The number of halogens is 4. The van der Waals surface area contributed by atoms with Gasteiger partial charge in [-0.25, -0.2) is 0 Å². The van der Waals surface area contributed by atoms with E-state index in [0.717, 1.165) is 127 Å². The predicted molar refractivity (Wildman–Crippen MR) is 215 cm³/mol. The molecule has 0 aromatic rings. The zero-order valence-electron chi connectivity index (χ0n) is 32.4. The van der Waals surface area contributed by atoms with E-state index in [0.29, 0.717) is 17.5 Å². The number of unbranched alkanes of at least 4 members (excludes halogenated alkanes) is 5. The fraction of sp³-hybridized carbons (Fsp3) is 0.955. The number of carbonyl (C=O) groups is 2. The fourth-order valence-corrected chi connectivity index (χ4v) is 15.0. The topological polar surface area (TPSA) is 34.1 Å². The number of hydrogen-bond acceptors (Lipinski definition) is 2. The molecule has 0 aromatic heterocycles. The Kier molecular flexibility index (Phi) is 14.3. The summed E-state index contributed by atoms with van der Waals surface area (Å²) in [6, 6.07) is 0. The molecule has 6 heteroatoms. The Hall–Kier alpha value is 0.500. The van der Waals surface area contributed by atoms with E-state index >= 15 is 0 Å². The van der Waals surface area contributed by atoms with Gasteiger partial charge in [0.15, 0.2) is 11.6 Å². The van der Waals surface area contributed by atoms with E-state index in [9.17, 15) is 9.59 Å². The lowest BCUT2D eigenvalue weighted by Crippen LogP contribution is -2.76. The summed E-state index contributed by atoms with van der Waals surface area (Å²) in [5.41, 5.74) is -1.70. The number of rotatable bonds is 12. The van der Waals surface area contributed by atoms with Crippen LogP contribution < -0.4 is 0 Å². The fourth-order valence-electron chi connectivity index (χ4n) is 12.7. The van der Waals surface area contributed by atoms with Crippen molar-refractivity contribution >= 4 is 58.0 Å². The average Bonchev–Trinajstić information content (AvgIpc) is 3.13. The summed E-state index contributed by atoms with van der Waals surface area (Å²) < 4.78 is -1.64. The number of alkyl halides is 4. The highest BCUT2D eigenvalue weighted by Gasteiger charge is 2.81. The number of ketones is 2. The standard InChI is InChI=1S/C25H42Cl2O.C19H30Cl2O/c1-3-5-6-7-8-9-11-21-14-18-24(19-15-21)22(28)23(25(24,26)27)16-12-20(10-4-2)13-17-23;1-3-7-15-8-5-6-11-18(15)16(22)17(19(18,20)21)12-9-14(4-2)10-13-17/h20-21H,3-19H2,1-2H3;14-15H,3-13H2,1-2H3. The third-order valence-corrected chi connectivity index (χ3v) is 18.7. The first-order valence-corrected chi connectivity index (χ1v) is 23.3. The zero-order chi connectivity index (χ0) is 36.3. The Morgan fingerprint density at radius 2 is 0.960 bits per heavy atom. The van der Waals surface area contributed by atoms with Crippen molar-refractivity contribution in [1.29, 1.82) is 0 Å². The van der Waals surface area contributed by atoms with Crippen molar-refractivity contribution in [3.63, 3.8) is 0 Å². The summed E-state index contributed by atoms with van der Waals surface area (Å²) in [7, 11) is 0. The summed E-state index contributed by atoms with van der Waals surface area (Å²) in [6.45, 7) is 8.98. The maximum atomic E-state index is 13.5. The van der Waals surface area contributed by atoms with E-state index in [-0.39, 0.29) is 0 Å². The minimum Gasteiger partial charge on any atom is -0.298 e. The molecule has 2 unspecified atom stereocenters. The summed E-state index contributed by atoms with van der Waals surface area (Å²) in [4.78, 5) is 26.9. The van der Waals surface area contributed by atoms with Gasteiger partial charge in [-0.3, -0.25) is 9.59 Å². The number of carbonyl (C=O) groups excluding carboxylic acids is 2. The average molecular weight is 775 g/mol. The molecule has 0 radical (unpaired) electrons. The Morgan fingerprint density at radius 3 is 1.44 bits per heavy atom. The second-order valence-electron chi connectivity index (χ2n) is 18.3. The quantitative estimate of drug-likeness (QED) is 0.146. The van der Waals surface area contributed by atoms with Crippen LogP contribution in [0.25, 0.3) is 0 Å². The number of hydrogen-bond donors (Lipinski definition) is 0. The third kappa shape index (κ3) is 6.84. The van der Waals surface area contributed by atoms with E-state index < -0.39 is 30.3 Å². The minimum atomic E-state index is -0.823. The first kappa shape index (κ1) is 41.7. The van der Waals surface area contributed by atoms with Crippen molar-refractivity contribution in [2.45, 2.75) is 216 Å². The molecule has 0 saturated heterocycles. The Balaban J connectivity index is 0.000000200. The molecule has 2 nitrogen and oxygen atoms in total. The molecular formula is C44H72Cl4O2. The van der Waals surface area contributed by atoms with Crippen LogP contribution in [-0.4, -0.2) is 20.2 Å². The molecule has 6 rings (SSSR count). The van der Waals surface area contributed by atoms with E-state index in [4.69, 9.17) is 46.4 Å². The van der Waals surface area contributed by atoms with Gasteiger partial charge in [-0.2, -0.15) is 0 Å². The molecule has 0 N–H and O–H groups in total. The molecule has 0 aliphatic heterocycles. The highest BCUT2D eigenvalue weighted by molar-refractivity contribution is 6.55. The van der Waals surface area contributed by atoms with Gasteiger partial charge in [0.2, 0.25) is 0 Å². The Morgan fingerprint density at radius 1 is 0.480 bits per heavy atom. The van der Waals surface area contributed by atoms with E-state index in [1.54, 1.807) is 0 Å². The van der Waals surface area contributed by atoms with Crippen LogP contribution in [0.4, 0.5) is 0 Å². The van der Waals surface area contributed by atoms with Crippen LogP contribution >= 0.6 is 46.4 Å². The van der Waals surface area contributed by atoms with Crippen molar-refractivity contribution in [2.75, 3.05) is 0 Å².